The smallest absolute Gasteiger partial charge is 0.279 e. The van der Waals surface area contributed by atoms with Crippen LogP contribution in [0.3, 0.4) is 0 Å². The van der Waals surface area contributed by atoms with E-state index in [1.807, 2.05) is 54.1 Å². The average molecular weight is 514 g/mol. The van der Waals surface area contributed by atoms with Crippen molar-refractivity contribution in [3.8, 4) is 0 Å². The van der Waals surface area contributed by atoms with E-state index < -0.39 is 15.9 Å². The van der Waals surface area contributed by atoms with Crippen LogP contribution in [0.1, 0.15) is 21.5 Å². The number of thiazole rings is 1. The number of hydrogen-bond acceptors (Lipinski definition) is 4. The number of amides is 1. The molecule has 6 nitrogen and oxygen atoms in total. The van der Waals surface area contributed by atoms with Crippen molar-refractivity contribution < 1.29 is 13.2 Å². The second-order valence-electron chi connectivity index (χ2n) is 8.88. The number of aromatic nitrogens is 1. The molecule has 0 radical (unpaired) electrons. The first-order valence-electron chi connectivity index (χ1n) is 11.7. The lowest BCUT2D eigenvalue weighted by Gasteiger charge is -2.28. The van der Waals surface area contributed by atoms with Crippen molar-refractivity contribution in [2.45, 2.75) is 17.9 Å². The highest BCUT2D eigenvalue weighted by atomic mass is 32.2. The molecule has 0 N–H and O–H groups in total. The maximum atomic E-state index is 13.2. The molecule has 0 unspecified atom stereocenters. The van der Waals surface area contributed by atoms with E-state index in [9.17, 15) is 13.2 Å². The van der Waals surface area contributed by atoms with Gasteiger partial charge in [-0.3, -0.25) is 4.79 Å². The standard InChI is InChI=1S/C28H23N3O3S2/c1-30-26-24-9-5-4-7-20(24)12-15-25(26)35-28(30)29-27(32)21-10-13-23(14-11-21)36(33,34)31-17-16-19-6-2-3-8-22(19)18-31/h2-15H,16-18H2,1H3. The molecule has 1 aliphatic heterocycles. The summed E-state index contributed by atoms with van der Waals surface area (Å²) in [5, 5.41) is 2.24. The summed E-state index contributed by atoms with van der Waals surface area (Å²) in [5.74, 6) is -0.405. The van der Waals surface area contributed by atoms with Gasteiger partial charge in [-0.25, -0.2) is 8.42 Å². The lowest BCUT2D eigenvalue weighted by molar-refractivity contribution is 0.0998. The van der Waals surface area contributed by atoms with E-state index >= 15 is 0 Å². The van der Waals surface area contributed by atoms with E-state index in [-0.39, 0.29) is 4.90 Å². The normalized spacial score (nSPS) is 14.9. The summed E-state index contributed by atoms with van der Waals surface area (Å²) in [6.07, 6.45) is 0.687. The first-order chi connectivity index (χ1) is 17.4. The van der Waals surface area contributed by atoms with Crippen molar-refractivity contribution in [2.75, 3.05) is 6.54 Å². The molecule has 8 heteroatoms. The minimum atomic E-state index is -3.66. The molecule has 0 spiro atoms. The van der Waals surface area contributed by atoms with Gasteiger partial charge in [-0.05, 0) is 53.3 Å². The van der Waals surface area contributed by atoms with E-state index in [2.05, 4.69) is 23.2 Å². The molecule has 4 aromatic carbocycles. The quantitative estimate of drug-likeness (QED) is 0.345. The van der Waals surface area contributed by atoms with Crippen LogP contribution in [0.4, 0.5) is 0 Å². The topological polar surface area (TPSA) is 71.7 Å². The van der Waals surface area contributed by atoms with Crippen LogP contribution in [-0.4, -0.2) is 29.7 Å². The van der Waals surface area contributed by atoms with Gasteiger partial charge in [0.1, 0.15) is 0 Å². The molecule has 180 valence electrons. The van der Waals surface area contributed by atoms with Crippen molar-refractivity contribution in [1.29, 1.82) is 0 Å². The van der Waals surface area contributed by atoms with Gasteiger partial charge in [0.15, 0.2) is 4.80 Å². The van der Waals surface area contributed by atoms with Gasteiger partial charge in [-0.1, -0.05) is 65.9 Å². The van der Waals surface area contributed by atoms with E-state index in [4.69, 9.17) is 0 Å². The Kier molecular flexibility index (Phi) is 5.59. The Morgan fingerprint density at radius 3 is 2.42 bits per heavy atom. The zero-order valence-electron chi connectivity index (χ0n) is 19.6. The predicted molar refractivity (Wildman–Crippen MR) is 142 cm³/mol. The Morgan fingerprint density at radius 1 is 0.889 bits per heavy atom. The summed E-state index contributed by atoms with van der Waals surface area (Å²) in [6, 6.07) is 26.2. The summed E-state index contributed by atoms with van der Waals surface area (Å²) >= 11 is 1.46. The SMILES string of the molecule is Cn1c(=NC(=O)c2ccc(S(=O)(=O)N3CCc4ccccc4C3)cc2)sc2ccc3ccccc3c21. The third-order valence-corrected chi connectivity index (χ3v) is 9.68. The molecule has 0 bridgehead atoms. The van der Waals surface area contributed by atoms with Crippen molar-refractivity contribution >= 4 is 48.3 Å². The van der Waals surface area contributed by atoms with Crippen LogP contribution in [0.5, 0.6) is 0 Å². The molecule has 1 aliphatic rings. The minimum Gasteiger partial charge on any atom is -0.319 e. The third kappa shape index (κ3) is 3.87. The zero-order valence-corrected chi connectivity index (χ0v) is 21.2. The Labute approximate surface area is 212 Å². The fourth-order valence-electron chi connectivity index (χ4n) is 4.77. The summed E-state index contributed by atoms with van der Waals surface area (Å²) in [5.41, 5.74) is 3.60. The number of aryl methyl sites for hydroxylation is 1. The van der Waals surface area contributed by atoms with Crippen LogP contribution in [0.15, 0.2) is 94.8 Å². The largest absolute Gasteiger partial charge is 0.319 e. The van der Waals surface area contributed by atoms with Crippen LogP contribution in [0.25, 0.3) is 21.0 Å². The van der Waals surface area contributed by atoms with Gasteiger partial charge < -0.3 is 4.57 Å². The van der Waals surface area contributed by atoms with Gasteiger partial charge in [0.2, 0.25) is 10.0 Å². The molecule has 0 atom stereocenters. The van der Waals surface area contributed by atoms with Gasteiger partial charge in [-0.2, -0.15) is 9.30 Å². The number of sulfonamides is 1. The van der Waals surface area contributed by atoms with Gasteiger partial charge in [0.05, 0.1) is 15.1 Å². The molecule has 36 heavy (non-hydrogen) atoms. The predicted octanol–water partition coefficient (Wildman–Crippen LogP) is 4.88. The molecule has 6 rings (SSSR count). The first-order valence-corrected chi connectivity index (χ1v) is 13.9. The van der Waals surface area contributed by atoms with Gasteiger partial charge in [0, 0.05) is 31.1 Å². The van der Waals surface area contributed by atoms with Crippen LogP contribution in [0, 0.1) is 0 Å². The monoisotopic (exact) mass is 513 g/mol. The molecular weight excluding hydrogens is 490 g/mol. The number of rotatable bonds is 3. The molecule has 1 aromatic heterocycles. The summed E-state index contributed by atoms with van der Waals surface area (Å²) in [7, 11) is -1.76. The van der Waals surface area contributed by atoms with Crippen molar-refractivity contribution in [3.63, 3.8) is 0 Å². The van der Waals surface area contributed by atoms with Crippen LogP contribution >= 0.6 is 11.3 Å². The van der Waals surface area contributed by atoms with Crippen LogP contribution < -0.4 is 4.80 Å². The minimum absolute atomic E-state index is 0.178. The average Bonchev–Trinajstić information content (AvgIpc) is 3.23. The summed E-state index contributed by atoms with van der Waals surface area (Å²) in [4.78, 5) is 18.1. The van der Waals surface area contributed by atoms with Crippen molar-refractivity contribution in [1.82, 2.24) is 8.87 Å². The Hall–Kier alpha value is -3.59. The second kappa shape index (κ2) is 8.81. The van der Waals surface area contributed by atoms with Crippen LogP contribution in [-0.2, 0) is 30.0 Å². The molecule has 0 aliphatic carbocycles. The Morgan fingerprint density at radius 2 is 1.61 bits per heavy atom. The number of carbonyl (C=O) groups is 1. The fourth-order valence-corrected chi connectivity index (χ4v) is 7.22. The summed E-state index contributed by atoms with van der Waals surface area (Å²) < 4.78 is 31.0. The van der Waals surface area contributed by atoms with Gasteiger partial charge in [0.25, 0.3) is 5.91 Å². The molecule has 0 saturated carbocycles. The van der Waals surface area contributed by atoms with Gasteiger partial charge in [-0.15, -0.1) is 0 Å². The molecular formula is C28H23N3O3S2. The van der Waals surface area contributed by atoms with Crippen molar-refractivity contribution in [3.05, 3.63) is 106 Å². The Balaban J connectivity index is 1.29. The number of nitrogens with zero attached hydrogens (tertiary/aromatic N) is 3. The maximum absolute atomic E-state index is 13.2. The number of benzene rings is 4. The first kappa shape index (κ1) is 22.8. The third-order valence-electron chi connectivity index (χ3n) is 6.72. The lowest BCUT2D eigenvalue weighted by atomic mass is 10.0. The fraction of sp³-hybridized carbons (Fsp3) is 0.143. The van der Waals surface area contributed by atoms with E-state index in [0.29, 0.717) is 29.9 Å². The molecule has 0 fully saturated rings. The van der Waals surface area contributed by atoms with Crippen molar-refractivity contribution in [2.24, 2.45) is 12.0 Å². The molecule has 2 heterocycles. The van der Waals surface area contributed by atoms with E-state index in [1.165, 1.54) is 33.3 Å². The highest BCUT2D eigenvalue weighted by molar-refractivity contribution is 7.89. The second-order valence-corrected chi connectivity index (χ2v) is 11.8. The zero-order chi connectivity index (χ0) is 24.9. The Bertz CT molecular complexity index is 1820. The summed E-state index contributed by atoms with van der Waals surface area (Å²) in [6.45, 7) is 0.790. The number of carbonyl (C=O) groups excluding carboxylic acids is 1. The van der Waals surface area contributed by atoms with E-state index in [0.717, 1.165) is 26.6 Å². The highest BCUT2D eigenvalue weighted by Crippen LogP contribution is 2.27. The molecule has 5 aromatic rings. The number of fused-ring (bicyclic) bond motifs is 4. The van der Waals surface area contributed by atoms with Crippen LogP contribution in [0.2, 0.25) is 0 Å². The van der Waals surface area contributed by atoms with E-state index in [1.54, 1.807) is 12.1 Å². The highest BCUT2D eigenvalue weighted by Gasteiger charge is 2.28. The van der Waals surface area contributed by atoms with Gasteiger partial charge >= 0.3 is 0 Å². The molecule has 1 amide bonds. The number of hydrogen-bond donors (Lipinski definition) is 0. The maximum Gasteiger partial charge on any atom is 0.279 e. The molecule has 0 saturated heterocycles. The lowest BCUT2D eigenvalue weighted by Crippen LogP contribution is -2.35.